The summed E-state index contributed by atoms with van der Waals surface area (Å²) in [6.07, 6.45) is 0.457. The number of aromatic carboxylic acids is 1. The number of carboxylic acid groups (broad SMARTS) is 1. The van der Waals surface area contributed by atoms with E-state index in [4.69, 9.17) is 5.11 Å². The summed E-state index contributed by atoms with van der Waals surface area (Å²) in [5.74, 6) is -1.03. The monoisotopic (exact) mass is 171 g/mol. The van der Waals surface area contributed by atoms with E-state index in [2.05, 4.69) is 5.32 Å². The average Bonchev–Trinajstić information content (AvgIpc) is 2.36. The fourth-order valence-electron chi connectivity index (χ4n) is 0.643. The molecule has 1 aromatic rings. The molecule has 0 radical (unpaired) electrons. The van der Waals surface area contributed by atoms with Gasteiger partial charge >= 0.3 is 5.97 Å². The maximum absolute atomic E-state index is 10.4. The zero-order valence-corrected chi connectivity index (χ0v) is 6.22. The lowest BCUT2D eigenvalue weighted by Crippen LogP contribution is -2.00. The van der Waals surface area contributed by atoms with E-state index in [0.717, 1.165) is 0 Å². The van der Waals surface area contributed by atoms with Crippen molar-refractivity contribution in [2.45, 2.75) is 0 Å². The topological polar surface area (TPSA) is 66.4 Å². The summed E-state index contributed by atoms with van der Waals surface area (Å²) in [6, 6.07) is 1.44. The van der Waals surface area contributed by atoms with E-state index in [0.29, 0.717) is 11.4 Å². The highest BCUT2D eigenvalue weighted by atomic mass is 32.1. The van der Waals surface area contributed by atoms with Crippen LogP contribution in [0.15, 0.2) is 11.4 Å². The SMILES string of the molecule is O=CNc1sccc1C(=O)O. The minimum atomic E-state index is -1.03. The first-order chi connectivity index (χ1) is 5.25. The molecule has 1 rings (SSSR count). The van der Waals surface area contributed by atoms with Crippen LogP contribution in [0, 0.1) is 0 Å². The maximum Gasteiger partial charge on any atom is 0.338 e. The number of nitrogens with one attached hydrogen (secondary N) is 1. The molecule has 0 aliphatic rings. The van der Waals surface area contributed by atoms with Crippen molar-refractivity contribution in [2.75, 3.05) is 5.32 Å². The van der Waals surface area contributed by atoms with Gasteiger partial charge in [-0.3, -0.25) is 4.79 Å². The quantitative estimate of drug-likeness (QED) is 0.667. The Balaban J connectivity index is 2.95. The molecular formula is C6H5NO3S. The summed E-state index contributed by atoms with van der Waals surface area (Å²) in [5, 5.41) is 12.8. The van der Waals surface area contributed by atoms with Crippen LogP contribution >= 0.6 is 11.3 Å². The van der Waals surface area contributed by atoms with Gasteiger partial charge in [0.05, 0.1) is 5.56 Å². The second kappa shape index (κ2) is 3.16. The first kappa shape index (κ1) is 7.74. The Bertz CT molecular complexity index is 281. The lowest BCUT2D eigenvalue weighted by atomic mass is 10.3. The molecular weight excluding hydrogens is 166 g/mol. The van der Waals surface area contributed by atoms with Gasteiger partial charge in [-0.1, -0.05) is 0 Å². The molecule has 2 N–H and O–H groups in total. The highest BCUT2D eigenvalue weighted by Crippen LogP contribution is 2.21. The molecule has 1 heterocycles. The van der Waals surface area contributed by atoms with Gasteiger partial charge in [0.15, 0.2) is 0 Å². The van der Waals surface area contributed by atoms with Gasteiger partial charge in [0.25, 0.3) is 0 Å². The van der Waals surface area contributed by atoms with Gasteiger partial charge in [0.1, 0.15) is 5.00 Å². The third kappa shape index (κ3) is 1.56. The van der Waals surface area contributed by atoms with Crippen LogP contribution in [-0.4, -0.2) is 17.5 Å². The number of rotatable bonds is 3. The Morgan fingerprint density at radius 1 is 1.73 bits per heavy atom. The van der Waals surface area contributed by atoms with Gasteiger partial charge in [-0.25, -0.2) is 4.79 Å². The first-order valence-corrected chi connectivity index (χ1v) is 3.64. The van der Waals surface area contributed by atoms with Crippen molar-refractivity contribution < 1.29 is 14.7 Å². The number of carboxylic acids is 1. The number of anilines is 1. The van der Waals surface area contributed by atoms with Crippen molar-refractivity contribution in [1.29, 1.82) is 0 Å². The lowest BCUT2D eigenvalue weighted by Gasteiger charge is -1.93. The highest BCUT2D eigenvalue weighted by molar-refractivity contribution is 7.14. The van der Waals surface area contributed by atoms with Crippen molar-refractivity contribution in [1.82, 2.24) is 0 Å². The molecule has 0 atom stereocenters. The third-order valence-corrected chi connectivity index (χ3v) is 1.93. The number of carbonyl (C=O) groups excluding carboxylic acids is 1. The molecule has 58 valence electrons. The van der Waals surface area contributed by atoms with Crippen LogP contribution < -0.4 is 5.32 Å². The van der Waals surface area contributed by atoms with E-state index < -0.39 is 5.97 Å². The zero-order valence-electron chi connectivity index (χ0n) is 5.40. The number of hydrogen-bond donors (Lipinski definition) is 2. The van der Waals surface area contributed by atoms with E-state index in [-0.39, 0.29) is 5.56 Å². The molecule has 0 unspecified atom stereocenters. The van der Waals surface area contributed by atoms with Crippen LogP contribution in [0.2, 0.25) is 0 Å². The lowest BCUT2D eigenvalue weighted by molar-refractivity contribution is -0.105. The predicted octanol–water partition coefficient (Wildman–Crippen LogP) is 1.01. The van der Waals surface area contributed by atoms with Gasteiger partial charge in [0.2, 0.25) is 6.41 Å². The smallest absolute Gasteiger partial charge is 0.338 e. The Hall–Kier alpha value is -1.36. The van der Waals surface area contributed by atoms with Crippen molar-refractivity contribution in [3.63, 3.8) is 0 Å². The Morgan fingerprint density at radius 2 is 2.45 bits per heavy atom. The van der Waals surface area contributed by atoms with E-state index in [1.807, 2.05) is 0 Å². The molecule has 0 bridgehead atoms. The van der Waals surface area contributed by atoms with E-state index in [1.165, 1.54) is 17.4 Å². The normalized spacial score (nSPS) is 9.09. The van der Waals surface area contributed by atoms with Crippen LogP contribution in [0.3, 0.4) is 0 Å². The van der Waals surface area contributed by atoms with Crippen molar-refractivity contribution >= 4 is 28.7 Å². The second-order valence-electron chi connectivity index (χ2n) is 1.73. The fraction of sp³-hybridized carbons (Fsp3) is 0. The molecule has 5 heteroatoms. The summed E-state index contributed by atoms with van der Waals surface area (Å²) in [4.78, 5) is 20.4. The summed E-state index contributed by atoms with van der Waals surface area (Å²) in [7, 11) is 0. The Labute approximate surface area is 66.5 Å². The molecule has 1 amide bonds. The van der Waals surface area contributed by atoms with Crippen LogP contribution in [0.4, 0.5) is 5.00 Å². The van der Waals surface area contributed by atoms with E-state index in [1.54, 1.807) is 5.38 Å². The Morgan fingerprint density at radius 3 is 3.00 bits per heavy atom. The van der Waals surface area contributed by atoms with Crippen LogP contribution in [0.1, 0.15) is 10.4 Å². The van der Waals surface area contributed by atoms with Crippen molar-refractivity contribution in [3.8, 4) is 0 Å². The third-order valence-electron chi connectivity index (χ3n) is 1.09. The van der Waals surface area contributed by atoms with Gasteiger partial charge in [0, 0.05) is 0 Å². The molecule has 1 aromatic heterocycles. The molecule has 0 aliphatic heterocycles. The summed E-state index contributed by atoms with van der Waals surface area (Å²) in [6.45, 7) is 0. The molecule has 11 heavy (non-hydrogen) atoms. The fourth-order valence-corrected chi connectivity index (χ4v) is 1.38. The highest BCUT2D eigenvalue weighted by Gasteiger charge is 2.09. The van der Waals surface area contributed by atoms with Crippen LogP contribution in [0.25, 0.3) is 0 Å². The van der Waals surface area contributed by atoms with E-state index in [9.17, 15) is 9.59 Å². The predicted molar refractivity (Wildman–Crippen MR) is 41.0 cm³/mol. The number of amides is 1. The molecule has 4 nitrogen and oxygen atoms in total. The van der Waals surface area contributed by atoms with Crippen LogP contribution in [-0.2, 0) is 4.79 Å². The standard InChI is InChI=1S/C6H5NO3S/c8-3-7-5-4(6(9)10)1-2-11-5/h1-3H,(H,7,8)(H,9,10). The zero-order chi connectivity index (χ0) is 8.27. The maximum atomic E-state index is 10.4. The molecule has 0 saturated heterocycles. The van der Waals surface area contributed by atoms with Gasteiger partial charge in [-0.15, -0.1) is 11.3 Å². The number of carbonyl (C=O) groups is 2. The molecule has 0 aliphatic carbocycles. The number of hydrogen-bond acceptors (Lipinski definition) is 3. The average molecular weight is 171 g/mol. The van der Waals surface area contributed by atoms with Gasteiger partial charge < -0.3 is 10.4 Å². The minimum absolute atomic E-state index is 0.127. The van der Waals surface area contributed by atoms with Crippen molar-refractivity contribution in [2.24, 2.45) is 0 Å². The summed E-state index contributed by atoms with van der Waals surface area (Å²) in [5.41, 5.74) is 0.127. The molecule has 0 fully saturated rings. The summed E-state index contributed by atoms with van der Waals surface area (Å²) >= 11 is 1.18. The minimum Gasteiger partial charge on any atom is -0.478 e. The molecule has 0 aromatic carbocycles. The number of thiophene rings is 1. The van der Waals surface area contributed by atoms with Gasteiger partial charge in [-0.05, 0) is 11.4 Å². The van der Waals surface area contributed by atoms with E-state index >= 15 is 0 Å². The second-order valence-corrected chi connectivity index (χ2v) is 2.65. The van der Waals surface area contributed by atoms with Crippen molar-refractivity contribution in [3.05, 3.63) is 17.0 Å². The first-order valence-electron chi connectivity index (χ1n) is 2.76. The Kier molecular flexibility index (Phi) is 2.22. The summed E-state index contributed by atoms with van der Waals surface area (Å²) < 4.78 is 0. The van der Waals surface area contributed by atoms with Gasteiger partial charge in [-0.2, -0.15) is 0 Å². The largest absolute Gasteiger partial charge is 0.478 e. The molecule has 0 spiro atoms. The van der Waals surface area contributed by atoms with Crippen LogP contribution in [0.5, 0.6) is 0 Å². The molecule has 0 saturated carbocycles.